The fraction of sp³-hybridized carbons (Fsp3) is 0.0714. The number of rotatable bonds is 2. The van der Waals surface area contributed by atoms with Crippen LogP contribution in [0.2, 0.25) is 0 Å². The first-order valence-electron chi connectivity index (χ1n) is 5.13. The molecular weight excluding hydrogens is 225 g/mol. The van der Waals surface area contributed by atoms with Crippen molar-refractivity contribution in [2.75, 3.05) is 0 Å². The SMILES string of the molecule is FC(F)(F)c1ccccc1[CH]c1ccccc1. The first-order chi connectivity index (χ1) is 8.07. The lowest BCUT2D eigenvalue weighted by atomic mass is 9.99. The number of alkyl halides is 3. The van der Waals surface area contributed by atoms with E-state index >= 15 is 0 Å². The molecule has 0 atom stereocenters. The average Bonchev–Trinajstić information content (AvgIpc) is 2.30. The first kappa shape index (κ1) is 11.7. The molecule has 17 heavy (non-hydrogen) atoms. The highest BCUT2D eigenvalue weighted by atomic mass is 19.4. The zero-order valence-corrected chi connectivity index (χ0v) is 8.91. The number of benzene rings is 2. The molecule has 0 bridgehead atoms. The van der Waals surface area contributed by atoms with Gasteiger partial charge in [0.15, 0.2) is 0 Å². The molecule has 0 aliphatic rings. The Morgan fingerprint density at radius 1 is 0.765 bits per heavy atom. The Kier molecular flexibility index (Phi) is 3.18. The number of hydrogen-bond donors (Lipinski definition) is 0. The Balaban J connectivity index is 2.34. The molecule has 2 aromatic rings. The van der Waals surface area contributed by atoms with Crippen LogP contribution in [-0.4, -0.2) is 0 Å². The molecule has 0 spiro atoms. The first-order valence-corrected chi connectivity index (χ1v) is 5.13. The van der Waals surface area contributed by atoms with E-state index in [9.17, 15) is 13.2 Å². The summed E-state index contributed by atoms with van der Waals surface area (Å²) in [5.41, 5.74) is 0.333. The second-order valence-corrected chi connectivity index (χ2v) is 3.64. The summed E-state index contributed by atoms with van der Waals surface area (Å²) in [6.07, 6.45) is -2.79. The maximum absolute atomic E-state index is 12.7. The molecule has 0 saturated heterocycles. The topological polar surface area (TPSA) is 0 Å². The van der Waals surface area contributed by atoms with Gasteiger partial charge in [-0.25, -0.2) is 0 Å². The molecule has 0 nitrogen and oxygen atoms in total. The Morgan fingerprint density at radius 3 is 2.00 bits per heavy atom. The highest BCUT2D eigenvalue weighted by Crippen LogP contribution is 2.33. The maximum atomic E-state index is 12.7. The Hall–Kier alpha value is -1.77. The molecular formula is C14H10F3. The van der Waals surface area contributed by atoms with E-state index in [-0.39, 0.29) is 5.56 Å². The van der Waals surface area contributed by atoms with Crippen molar-refractivity contribution >= 4 is 0 Å². The molecule has 0 aliphatic heterocycles. The predicted molar refractivity (Wildman–Crippen MR) is 60.4 cm³/mol. The van der Waals surface area contributed by atoms with Crippen LogP contribution in [0, 0.1) is 6.42 Å². The maximum Gasteiger partial charge on any atom is 0.416 e. The van der Waals surface area contributed by atoms with Crippen LogP contribution in [0.25, 0.3) is 0 Å². The Morgan fingerprint density at radius 2 is 1.35 bits per heavy atom. The molecule has 0 N–H and O–H groups in total. The molecule has 0 saturated carbocycles. The van der Waals surface area contributed by atoms with Gasteiger partial charge >= 0.3 is 6.18 Å². The van der Waals surface area contributed by atoms with Gasteiger partial charge in [0, 0.05) is 6.42 Å². The van der Waals surface area contributed by atoms with E-state index in [1.807, 2.05) is 6.07 Å². The van der Waals surface area contributed by atoms with Crippen molar-refractivity contribution < 1.29 is 13.2 Å². The lowest BCUT2D eigenvalue weighted by Gasteiger charge is -2.12. The standard InChI is InChI=1S/C14H10F3/c15-14(16,17)13-9-5-4-8-12(13)10-11-6-2-1-3-7-11/h1-10H. The van der Waals surface area contributed by atoms with E-state index < -0.39 is 11.7 Å². The number of halogens is 3. The zero-order chi connectivity index (χ0) is 12.3. The van der Waals surface area contributed by atoms with E-state index in [1.54, 1.807) is 30.3 Å². The van der Waals surface area contributed by atoms with Gasteiger partial charge in [-0.15, -0.1) is 0 Å². The van der Waals surface area contributed by atoms with Gasteiger partial charge in [-0.05, 0) is 17.2 Å². The van der Waals surface area contributed by atoms with Gasteiger partial charge in [-0.1, -0.05) is 48.5 Å². The van der Waals surface area contributed by atoms with Crippen LogP contribution in [0.3, 0.4) is 0 Å². The van der Waals surface area contributed by atoms with Crippen LogP contribution in [0.4, 0.5) is 13.2 Å². The van der Waals surface area contributed by atoms with Gasteiger partial charge in [-0.2, -0.15) is 13.2 Å². The monoisotopic (exact) mass is 235 g/mol. The van der Waals surface area contributed by atoms with Crippen molar-refractivity contribution in [3.05, 3.63) is 77.7 Å². The second-order valence-electron chi connectivity index (χ2n) is 3.64. The van der Waals surface area contributed by atoms with Crippen molar-refractivity contribution in [3.63, 3.8) is 0 Å². The van der Waals surface area contributed by atoms with Crippen LogP contribution >= 0.6 is 0 Å². The molecule has 0 aliphatic carbocycles. The van der Waals surface area contributed by atoms with E-state index in [4.69, 9.17) is 0 Å². The van der Waals surface area contributed by atoms with Crippen LogP contribution in [0.5, 0.6) is 0 Å². The molecule has 2 rings (SSSR count). The fourth-order valence-electron chi connectivity index (χ4n) is 1.61. The summed E-state index contributed by atoms with van der Waals surface area (Å²) >= 11 is 0. The summed E-state index contributed by atoms with van der Waals surface area (Å²) in [6.45, 7) is 0. The van der Waals surface area contributed by atoms with E-state index in [0.717, 1.165) is 11.6 Å². The Bertz CT molecular complexity index is 486. The molecule has 0 unspecified atom stereocenters. The van der Waals surface area contributed by atoms with E-state index in [0.29, 0.717) is 0 Å². The van der Waals surface area contributed by atoms with Gasteiger partial charge < -0.3 is 0 Å². The molecule has 1 radical (unpaired) electrons. The Labute approximate surface area is 97.7 Å². The minimum absolute atomic E-state index is 0.186. The van der Waals surface area contributed by atoms with Crippen LogP contribution in [0.1, 0.15) is 16.7 Å². The summed E-state index contributed by atoms with van der Waals surface area (Å²) < 4.78 is 38.2. The third kappa shape index (κ3) is 2.87. The highest BCUT2D eigenvalue weighted by Gasteiger charge is 2.32. The third-order valence-corrected chi connectivity index (χ3v) is 2.39. The highest BCUT2D eigenvalue weighted by molar-refractivity contribution is 5.42. The summed E-state index contributed by atoms with van der Waals surface area (Å²) in [5.74, 6) is 0. The predicted octanol–water partition coefficient (Wildman–Crippen LogP) is 4.31. The summed E-state index contributed by atoms with van der Waals surface area (Å²) in [4.78, 5) is 0. The van der Waals surface area contributed by atoms with Gasteiger partial charge in [-0.3, -0.25) is 0 Å². The van der Waals surface area contributed by atoms with Crippen LogP contribution in [0.15, 0.2) is 54.6 Å². The largest absolute Gasteiger partial charge is 0.416 e. The average molecular weight is 235 g/mol. The van der Waals surface area contributed by atoms with Crippen molar-refractivity contribution in [2.24, 2.45) is 0 Å². The van der Waals surface area contributed by atoms with Gasteiger partial charge in [0.2, 0.25) is 0 Å². The molecule has 3 heteroatoms. The number of hydrogen-bond acceptors (Lipinski definition) is 0. The second kappa shape index (κ2) is 4.62. The molecule has 0 aromatic heterocycles. The summed E-state index contributed by atoms with van der Waals surface area (Å²) in [5, 5.41) is 0. The molecule has 87 valence electrons. The van der Waals surface area contributed by atoms with Gasteiger partial charge in [0.05, 0.1) is 5.56 Å². The minimum Gasteiger partial charge on any atom is -0.166 e. The van der Waals surface area contributed by atoms with E-state index in [2.05, 4.69) is 0 Å². The minimum atomic E-state index is -4.32. The molecule has 0 amide bonds. The van der Waals surface area contributed by atoms with Crippen molar-refractivity contribution in [1.29, 1.82) is 0 Å². The quantitative estimate of drug-likeness (QED) is 0.727. The fourth-order valence-corrected chi connectivity index (χ4v) is 1.61. The lowest BCUT2D eigenvalue weighted by molar-refractivity contribution is -0.137. The third-order valence-electron chi connectivity index (χ3n) is 2.39. The normalized spacial score (nSPS) is 11.5. The van der Waals surface area contributed by atoms with E-state index in [1.165, 1.54) is 18.6 Å². The van der Waals surface area contributed by atoms with Gasteiger partial charge in [0.1, 0.15) is 0 Å². The summed E-state index contributed by atoms with van der Waals surface area (Å²) in [6, 6.07) is 14.5. The van der Waals surface area contributed by atoms with Crippen molar-refractivity contribution in [1.82, 2.24) is 0 Å². The van der Waals surface area contributed by atoms with Crippen molar-refractivity contribution in [2.45, 2.75) is 6.18 Å². The molecule has 0 fully saturated rings. The molecule has 2 aromatic carbocycles. The summed E-state index contributed by atoms with van der Waals surface area (Å²) in [7, 11) is 0. The zero-order valence-electron chi connectivity index (χ0n) is 8.91. The van der Waals surface area contributed by atoms with Crippen LogP contribution in [-0.2, 0) is 6.18 Å². The van der Waals surface area contributed by atoms with Crippen LogP contribution < -0.4 is 0 Å². The van der Waals surface area contributed by atoms with Gasteiger partial charge in [0.25, 0.3) is 0 Å². The van der Waals surface area contributed by atoms with Crippen molar-refractivity contribution in [3.8, 4) is 0 Å². The smallest absolute Gasteiger partial charge is 0.166 e. The lowest BCUT2D eigenvalue weighted by Crippen LogP contribution is -2.08. The molecule has 0 heterocycles.